The number of fused-ring (bicyclic) bond motifs is 1. The van der Waals surface area contributed by atoms with Crippen molar-refractivity contribution < 1.29 is 0 Å². The number of nitrogens with one attached hydrogen (secondary N) is 1. The highest BCUT2D eigenvalue weighted by Gasteiger charge is 2.26. The fourth-order valence-corrected chi connectivity index (χ4v) is 3.32. The van der Waals surface area contributed by atoms with Crippen molar-refractivity contribution in [2.24, 2.45) is 0 Å². The van der Waals surface area contributed by atoms with Crippen LogP contribution in [-0.2, 0) is 6.42 Å². The van der Waals surface area contributed by atoms with Gasteiger partial charge in [-0.05, 0) is 43.0 Å². The van der Waals surface area contributed by atoms with Gasteiger partial charge in [0.25, 0.3) is 0 Å². The molecule has 1 aliphatic heterocycles. The van der Waals surface area contributed by atoms with Crippen LogP contribution in [0.25, 0.3) is 10.6 Å². The third-order valence-corrected chi connectivity index (χ3v) is 4.49. The minimum atomic E-state index is 0.760. The molecule has 1 aliphatic carbocycles. The number of nitrogens with zero attached hydrogens (tertiary/aromatic N) is 1. The van der Waals surface area contributed by atoms with E-state index >= 15 is 0 Å². The topological polar surface area (TPSA) is 24.9 Å². The van der Waals surface area contributed by atoms with Gasteiger partial charge in [0, 0.05) is 29.1 Å². The van der Waals surface area contributed by atoms with Gasteiger partial charge in [0.05, 0.1) is 5.69 Å². The summed E-state index contributed by atoms with van der Waals surface area (Å²) in [4.78, 5) is 4.77. The maximum absolute atomic E-state index is 4.77. The number of hydrogen-bond acceptors (Lipinski definition) is 3. The lowest BCUT2D eigenvalue weighted by atomic mass is 10.1. The predicted octanol–water partition coefficient (Wildman–Crippen LogP) is 3.66. The molecular formula is C14H14N2S. The molecule has 0 saturated heterocycles. The number of thiazole rings is 1. The highest BCUT2D eigenvalue weighted by Crippen LogP contribution is 2.41. The monoisotopic (exact) mass is 242 g/mol. The Labute approximate surface area is 105 Å². The lowest BCUT2D eigenvalue weighted by Crippen LogP contribution is -1.90. The number of anilines is 1. The SMILES string of the molecule is c1cc2c(cc1-c1nc(C3CC3)cs1)CCN2. The van der Waals surface area contributed by atoms with Gasteiger partial charge < -0.3 is 5.32 Å². The first-order chi connectivity index (χ1) is 8.40. The molecule has 0 bridgehead atoms. The zero-order valence-corrected chi connectivity index (χ0v) is 10.4. The Bertz CT molecular complexity index is 569. The molecule has 4 rings (SSSR count). The summed E-state index contributed by atoms with van der Waals surface area (Å²) in [6, 6.07) is 6.67. The molecule has 0 unspecified atom stereocenters. The van der Waals surface area contributed by atoms with E-state index in [9.17, 15) is 0 Å². The lowest BCUT2D eigenvalue weighted by molar-refractivity contribution is 1.05. The number of aromatic nitrogens is 1. The van der Waals surface area contributed by atoms with Crippen molar-refractivity contribution in [2.45, 2.75) is 25.2 Å². The van der Waals surface area contributed by atoms with Crippen molar-refractivity contribution >= 4 is 17.0 Å². The van der Waals surface area contributed by atoms with Crippen molar-refractivity contribution in [1.82, 2.24) is 4.98 Å². The molecule has 0 spiro atoms. The van der Waals surface area contributed by atoms with Crippen molar-refractivity contribution in [2.75, 3.05) is 11.9 Å². The highest BCUT2D eigenvalue weighted by atomic mass is 32.1. The van der Waals surface area contributed by atoms with Gasteiger partial charge in [-0.3, -0.25) is 0 Å². The van der Waals surface area contributed by atoms with Gasteiger partial charge >= 0.3 is 0 Å². The second kappa shape index (κ2) is 3.57. The molecule has 1 fully saturated rings. The first kappa shape index (κ1) is 9.66. The Morgan fingerprint density at radius 2 is 2.24 bits per heavy atom. The van der Waals surface area contributed by atoms with Crippen LogP contribution in [0.5, 0.6) is 0 Å². The maximum atomic E-state index is 4.77. The van der Waals surface area contributed by atoms with Gasteiger partial charge in [-0.1, -0.05) is 0 Å². The van der Waals surface area contributed by atoms with Crippen LogP contribution in [-0.4, -0.2) is 11.5 Å². The van der Waals surface area contributed by atoms with E-state index in [0.29, 0.717) is 0 Å². The predicted molar refractivity (Wildman–Crippen MR) is 71.7 cm³/mol. The van der Waals surface area contributed by atoms with E-state index in [-0.39, 0.29) is 0 Å². The Morgan fingerprint density at radius 1 is 1.29 bits per heavy atom. The summed E-state index contributed by atoms with van der Waals surface area (Å²) in [7, 11) is 0. The van der Waals surface area contributed by atoms with Crippen molar-refractivity contribution in [3.63, 3.8) is 0 Å². The van der Waals surface area contributed by atoms with E-state index in [1.807, 2.05) is 0 Å². The molecule has 86 valence electrons. The molecule has 1 N–H and O–H groups in total. The van der Waals surface area contributed by atoms with Gasteiger partial charge in [-0.2, -0.15) is 0 Å². The summed E-state index contributed by atoms with van der Waals surface area (Å²) in [5.74, 6) is 0.760. The second-order valence-electron chi connectivity index (χ2n) is 4.90. The van der Waals surface area contributed by atoms with Crippen LogP contribution in [0.4, 0.5) is 5.69 Å². The molecule has 2 aliphatic rings. The average Bonchev–Trinajstić information content (AvgIpc) is 2.93. The molecule has 1 aromatic carbocycles. The van der Waals surface area contributed by atoms with E-state index in [2.05, 4.69) is 28.9 Å². The van der Waals surface area contributed by atoms with Crippen LogP contribution in [0, 0.1) is 0 Å². The Kier molecular flexibility index (Phi) is 2.03. The second-order valence-corrected chi connectivity index (χ2v) is 5.76. The number of hydrogen-bond donors (Lipinski definition) is 1. The van der Waals surface area contributed by atoms with E-state index in [0.717, 1.165) is 18.9 Å². The summed E-state index contributed by atoms with van der Waals surface area (Å²) < 4.78 is 0. The van der Waals surface area contributed by atoms with E-state index in [1.54, 1.807) is 11.3 Å². The summed E-state index contributed by atoms with van der Waals surface area (Å²) in [6.07, 6.45) is 3.80. The molecule has 17 heavy (non-hydrogen) atoms. The number of rotatable bonds is 2. The van der Waals surface area contributed by atoms with Gasteiger partial charge in [-0.25, -0.2) is 4.98 Å². The summed E-state index contributed by atoms with van der Waals surface area (Å²) in [6.45, 7) is 1.07. The highest BCUT2D eigenvalue weighted by molar-refractivity contribution is 7.13. The first-order valence-electron chi connectivity index (χ1n) is 6.23. The van der Waals surface area contributed by atoms with Crippen LogP contribution in [0.3, 0.4) is 0 Å². The maximum Gasteiger partial charge on any atom is 0.123 e. The summed E-state index contributed by atoms with van der Waals surface area (Å²) in [5, 5.41) is 6.81. The normalized spacial score (nSPS) is 17.9. The van der Waals surface area contributed by atoms with Crippen LogP contribution >= 0.6 is 11.3 Å². The molecule has 1 saturated carbocycles. The van der Waals surface area contributed by atoms with Crippen molar-refractivity contribution in [3.05, 3.63) is 34.8 Å². The lowest BCUT2D eigenvalue weighted by Gasteiger charge is -2.01. The van der Waals surface area contributed by atoms with Crippen LogP contribution < -0.4 is 5.32 Å². The van der Waals surface area contributed by atoms with E-state index in [1.165, 1.54) is 40.4 Å². The number of benzene rings is 1. The third-order valence-electron chi connectivity index (χ3n) is 3.58. The standard InChI is InChI=1S/C14H14N2S/c1-2-9(1)13-8-17-14(16-13)11-3-4-12-10(7-11)5-6-15-12/h3-4,7-9,15H,1-2,5-6H2. The first-order valence-corrected chi connectivity index (χ1v) is 7.11. The minimum absolute atomic E-state index is 0.760. The Hall–Kier alpha value is -1.35. The Morgan fingerprint density at radius 3 is 3.12 bits per heavy atom. The van der Waals surface area contributed by atoms with Crippen LogP contribution in [0.15, 0.2) is 23.6 Å². The molecule has 0 amide bonds. The average molecular weight is 242 g/mol. The van der Waals surface area contributed by atoms with Gasteiger partial charge in [0.1, 0.15) is 5.01 Å². The quantitative estimate of drug-likeness (QED) is 0.869. The molecule has 0 atom stereocenters. The molecule has 1 aromatic heterocycles. The molecule has 0 radical (unpaired) electrons. The smallest absolute Gasteiger partial charge is 0.123 e. The van der Waals surface area contributed by atoms with Crippen LogP contribution in [0.1, 0.15) is 30.0 Å². The Balaban J connectivity index is 1.72. The molecular weight excluding hydrogens is 228 g/mol. The fraction of sp³-hybridized carbons (Fsp3) is 0.357. The van der Waals surface area contributed by atoms with E-state index in [4.69, 9.17) is 4.98 Å². The summed E-state index contributed by atoms with van der Waals surface area (Å²) in [5.41, 5.74) is 5.33. The molecule has 2 aromatic rings. The van der Waals surface area contributed by atoms with Crippen molar-refractivity contribution in [1.29, 1.82) is 0 Å². The van der Waals surface area contributed by atoms with Gasteiger partial charge in [0.2, 0.25) is 0 Å². The zero-order valence-electron chi connectivity index (χ0n) is 9.57. The fourth-order valence-electron chi connectivity index (χ4n) is 2.42. The zero-order chi connectivity index (χ0) is 11.2. The van der Waals surface area contributed by atoms with Gasteiger partial charge in [-0.15, -0.1) is 11.3 Å². The molecule has 2 heterocycles. The van der Waals surface area contributed by atoms with Crippen LogP contribution in [0.2, 0.25) is 0 Å². The largest absolute Gasteiger partial charge is 0.384 e. The third kappa shape index (κ3) is 1.65. The summed E-state index contributed by atoms with van der Waals surface area (Å²) >= 11 is 1.78. The van der Waals surface area contributed by atoms with Crippen molar-refractivity contribution in [3.8, 4) is 10.6 Å². The minimum Gasteiger partial charge on any atom is -0.384 e. The molecule has 2 nitrogen and oxygen atoms in total. The molecule has 3 heteroatoms. The van der Waals surface area contributed by atoms with Gasteiger partial charge in [0.15, 0.2) is 0 Å². The van der Waals surface area contributed by atoms with E-state index < -0.39 is 0 Å².